The molecule has 0 saturated heterocycles. The Morgan fingerprint density at radius 3 is 2.24 bits per heavy atom. The van der Waals surface area contributed by atoms with Crippen LogP contribution in [0.2, 0.25) is 5.02 Å². The van der Waals surface area contributed by atoms with E-state index < -0.39 is 62.3 Å². The number of amides is 1. The summed E-state index contributed by atoms with van der Waals surface area (Å²) in [5, 5.41) is 34.2. The first-order valence-electron chi connectivity index (χ1n) is 12.3. The fraction of sp³-hybridized carbons (Fsp3) is 0.500. The monoisotopic (exact) mass is 555 g/mol. The molecule has 2 bridgehead atoms. The third kappa shape index (κ3) is 4.67. The molecule has 6 atom stereocenters. The summed E-state index contributed by atoms with van der Waals surface area (Å²) in [7, 11) is -4.04. The molecule has 0 unspecified atom stereocenters. The summed E-state index contributed by atoms with van der Waals surface area (Å²) in [5.41, 5.74) is -1.59. The van der Waals surface area contributed by atoms with Gasteiger partial charge in [-0.3, -0.25) is 4.79 Å². The van der Waals surface area contributed by atoms with Gasteiger partial charge in [0.2, 0.25) is 0 Å². The van der Waals surface area contributed by atoms with Crippen molar-refractivity contribution >= 4 is 33.0 Å². The van der Waals surface area contributed by atoms with E-state index in [4.69, 9.17) is 11.6 Å². The second-order valence-corrected chi connectivity index (χ2v) is 13.1. The van der Waals surface area contributed by atoms with E-state index in [-0.39, 0.29) is 39.9 Å². The summed E-state index contributed by atoms with van der Waals surface area (Å²) in [6.07, 6.45) is 0.446. The molecule has 2 aromatic rings. The first-order valence-corrected chi connectivity index (χ1v) is 14.2. The van der Waals surface area contributed by atoms with Crippen LogP contribution in [0.4, 0.5) is 14.5 Å². The molecule has 3 fully saturated rings. The lowest BCUT2D eigenvalue weighted by Crippen LogP contribution is -2.59. The number of carbonyl (C=O) groups excluding carboxylic acids is 1. The van der Waals surface area contributed by atoms with Gasteiger partial charge in [-0.1, -0.05) is 11.6 Å². The minimum absolute atomic E-state index is 0.00154. The number of benzene rings is 2. The number of carbonyl (C=O) groups is 1. The molecule has 3 aliphatic carbocycles. The first kappa shape index (κ1) is 26.5. The van der Waals surface area contributed by atoms with Crippen molar-refractivity contribution in [2.45, 2.75) is 66.5 Å². The summed E-state index contributed by atoms with van der Waals surface area (Å²) < 4.78 is 54.0. The van der Waals surface area contributed by atoms with Gasteiger partial charge in [0.15, 0.2) is 21.5 Å². The van der Waals surface area contributed by atoms with E-state index in [0.29, 0.717) is 12.8 Å². The van der Waals surface area contributed by atoms with Crippen molar-refractivity contribution in [3.05, 3.63) is 58.6 Å². The molecule has 4 N–H and O–H groups in total. The Morgan fingerprint density at radius 2 is 1.65 bits per heavy atom. The van der Waals surface area contributed by atoms with Gasteiger partial charge in [-0.25, -0.2) is 17.2 Å². The summed E-state index contributed by atoms with van der Waals surface area (Å²) in [6, 6.07) is 6.63. The van der Waals surface area contributed by atoms with Crippen molar-refractivity contribution in [1.29, 1.82) is 0 Å². The average molecular weight is 556 g/mol. The standard InChI is InChI=1S/C26H28ClF2NO6S/c27-19-7-3-14(25(33)30-17-6-8-20(28)21(29)12-17)9-22(19)37(35,36)18-10-15-4-5-16(11-18)26(15,34)24(32)23(31)13-1-2-13/h3,6-9,12-13,15-16,18,23-24,31-32,34H,1-2,4-5,10-11H2,(H,30,33)/t15-,16+,18-,23-,24+,26-/m0/s1. The van der Waals surface area contributed by atoms with Crippen LogP contribution in [0.15, 0.2) is 41.3 Å². The Bertz CT molecular complexity index is 1320. The summed E-state index contributed by atoms with van der Waals surface area (Å²) >= 11 is 6.26. The summed E-state index contributed by atoms with van der Waals surface area (Å²) in [5.74, 6) is -3.99. The van der Waals surface area contributed by atoms with Crippen molar-refractivity contribution in [1.82, 2.24) is 0 Å². The second-order valence-electron chi connectivity index (χ2n) is 10.5. The third-order valence-electron chi connectivity index (χ3n) is 8.28. The van der Waals surface area contributed by atoms with Gasteiger partial charge >= 0.3 is 0 Å². The predicted molar refractivity (Wildman–Crippen MR) is 132 cm³/mol. The van der Waals surface area contributed by atoms with Crippen LogP contribution in [0.25, 0.3) is 0 Å². The molecule has 0 aromatic heterocycles. The highest BCUT2D eigenvalue weighted by Gasteiger charge is 2.61. The highest BCUT2D eigenvalue weighted by Crippen LogP contribution is 2.55. The van der Waals surface area contributed by atoms with Gasteiger partial charge in [0.1, 0.15) is 6.10 Å². The molecular weight excluding hydrogens is 528 g/mol. The maximum atomic E-state index is 13.7. The maximum absolute atomic E-state index is 13.7. The highest BCUT2D eigenvalue weighted by molar-refractivity contribution is 7.92. The Balaban J connectivity index is 1.37. The number of fused-ring (bicyclic) bond motifs is 2. The minimum atomic E-state index is -4.04. The van der Waals surface area contributed by atoms with Crippen LogP contribution in [0.5, 0.6) is 0 Å². The molecule has 0 radical (unpaired) electrons. The van der Waals surface area contributed by atoms with E-state index >= 15 is 0 Å². The van der Waals surface area contributed by atoms with Gasteiger partial charge in [-0.15, -0.1) is 0 Å². The molecule has 7 nitrogen and oxygen atoms in total. The van der Waals surface area contributed by atoms with Crippen LogP contribution in [0.3, 0.4) is 0 Å². The Morgan fingerprint density at radius 1 is 1.00 bits per heavy atom. The van der Waals surface area contributed by atoms with Gasteiger partial charge in [-0.2, -0.15) is 0 Å². The fourth-order valence-electron chi connectivity index (χ4n) is 6.07. The molecule has 11 heteroatoms. The molecule has 200 valence electrons. The zero-order valence-corrected chi connectivity index (χ0v) is 21.4. The van der Waals surface area contributed by atoms with Crippen LogP contribution in [-0.4, -0.2) is 52.7 Å². The minimum Gasteiger partial charge on any atom is -0.390 e. The molecule has 2 aromatic carbocycles. The van der Waals surface area contributed by atoms with Gasteiger partial charge in [0, 0.05) is 17.3 Å². The summed E-state index contributed by atoms with van der Waals surface area (Å²) in [4.78, 5) is 12.5. The number of nitrogens with one attached hydrogen (secondary N) is 1. The van der Waals surface area contributed by atoms with Gasteiger partial charge in [0.25, 0.3) is 5.91 Å². The van der Waals surface area contributed by atoms with Crippen molar-refractivity contribution in [3.8, 4) is 0 Å². The molecule has 37 heavy (non-hydrogen) atoms. The number of hydrogen-bond donors (Lipinski definition) is 4. The van der Waals surface area contributed by atoms with Gasteiger partial charge < -0.3 is 20.6 Å². The number of aliphatic hydroxyl groups excluding tert-OH is 2. The second kappa shape index (κ2) is 9.57. The van der Waals surface area contributed by atoms with Crippen LogP contribution < -0.4 is 5.32 Å². The zero-order chi connectivity index (χ0) is 26.7. The molecule has 1 amide bonds. The maximum Gasteiger partial charge on any atom is 0.255 e. The van der Waals surface area contributed by atoms with E-state index in [2.05, 4.69) is 5.32 Å². The Kier molecular flexibility index (Phi) is 6.85. The summed E-state index contributed by atoms with van der Waals surface area (Å²) in [6.45, 7) is 0. The van der Waals surface area contributed by atoms with Gasteiger partial charge in [-0.05, 0) is 86.6 Å². The first-order chi connectivity index (χ1) is 17.4. The van der Waals surface area contributed by atoms with E-state index in [1.807, 2.05) is 0 Å². The molecular formula is C26H28ClF2NO6S. The van der Waals surface area contributed by atoms with E-state index in [1.165, 1.54) is 18.2 Å². The average Bonchev–Trinajstić information content (AvgIpc) is 3.68. The zero-order valence-electron chi connectivity index (χ0n) is 19.8. The lowest BCUT2D eigenvalue weighted by atomic mass is 9.69. The SMILES string of the molecule is O=C(Nc1ccc(F)c(F)c1)c1ccc(Cl)c(S(=O)(=O)[C@@H]2C[C@H]3CC[C@@H](C2)[C@@]3(O)[C@H](O)[C@@H](O)C2CC2)c1. The molecule has 5 rings (SSSR count). The molecule has 0 spiro atoms. The van der Waals surface area contributed by atoms with Crippen molar-refractivity contribution in [2.24, 2.45) is 17.8 Å². The number of sulfone groups is 1. The van der Waals surface area contributed by atoms with Crippen LogP contribution in [0, 0.1) is 29.4 Å². The smallest absolute Gasteiger partial charge is 0.255 e. The molecule has 3 aliphatic rings. The van der Waals surface area contributed by atoms with Crippen molar-refractivity contribution in [2.75, 3.05) is 5.32 Å². The van der Waals surface area contributed by atoms with E-state index in [0.717, 1.165) is 31.0 Å². The topological polar surface area (TPSA) is 124 Å². The van der Waals surface area contributed by atoms with Crippen LogP contribution >= 0.6 is 11.6 Å². The predicted octanol–water partition coefficient (Wildman–Crippen LogP) is 3.70. The lowest BCUT2D eigenvalue weighted by Gasteiger charge is -2.46. The number of halogens is 3. The van der Waals surface area contributed by atoms with Crippen molar-refractivity contribution < 1.29 is 37.3 Å². The van der Waals surface area contributed by atoms with Crippen LogP contribution in [-0.2, 0) is 9.84 Å². The number of anilines is 1. The van der Waals surface area contributed by atoms with Gasteiger partial charge in [0.05, 0.1) is 26.9 Å². The lowest BCUT2D eigenvalue weighted by molar-refractivity contribution is -0.179. The quantitative estimate of drug-likeness (QED) is 0.413. The number of hydrogen-bond acceptors (Lipinski definition) is 6. The molecule has 3 saturated carbocycles. The van der Waals surface area contributed by atoms with Crippen molar-refractivity contribution in [3.63, 3.8) is 0 Å². The molecule has 0 aliphatic heterocycles. The normalized spacial score (nSPS) is 29.1. The highest BCUT2D eigenvalue weighted by atomic mass is 35.5. The third-order valence-corrected chi connectivity index (χ3v) is 10.9. The van der Waals surface area contributed by atoms with Crippen LogP contribution in [0.1, 0.15) is 48.9 Å². The van der Waals surface area contributed by atoms with E-state index in [9.17, 15) is 37.3 Å². The Hall–Kier alpha value is -2.11. The largest absolute Gasteiger partial charge is 0.390 e. The number of rotatable bonds is 7. The number of aliphatic hydroxyl groups is 3. The Labute approximate surface area is 218 Å². The fourth-order valence-corrected chi connectivity index (χ4v) is 8.47. The van der Waals surface area contributed by atoms with E-state index in [1.54, 1.807) is 0 Å². The molecule has 0 heterocycles.